The number of amides is 1. The molecule has 1 aliphatic rings. The van der Waals surface area contributed by atoms with E-state index in [0.717, 1.165) is 44.0 Å². The van der Waals surface area contributed by atoms with Gasteiger partial charge in [0.2, 0.25) is 0 Å². The lowest BCUT2D eigenvalue weighted by molar-refractivity contribution is 0.102. The zero-order chi connectivity index (χ0) is 16.8. The van der Waals surface area contributed by atoms with E-state index in [1.807, 2.05) is 32.7 Å². The molecule has 3 aromatic heterocycles. The summed E-state index contributed by atoms with van der Waals surface area (Å²) in [4.78, 5) is 14.0. The van der Waals surface area contributed by atoms with Gasteiger partial charge in [0.1, 0.15) is 17.1 Å². The molecule has 124 valence electrons. The molecule has 4 rings (SSSR count). The summed E-state index contributed by atoms with van der Waals surface area (Å²) in [7, 11) is 1.85. The van der Waals surface area contributed by atoms with Crippen LogP contribution in [0.15, 0.2) is 6.33 Å². The average molecular weight is 361 g/mol. The van der Waals surface area contributed by atoms with Crippen LogP contribution in [0.1, 0.15) is 32.1 Å². The van der Waals surface area contributed by atoms with E-state index in [4.69, 9.17) is 0 Å². The monoisotopic (exact) mass is 361 g/mol. The van der Waals surface area contributed by atoms with Gasteiger partial charge in [-0.25, -0.2) is 0 Å². The number of carbonyl (C=O) groups excluding carboxylic acids is 1. The normalized spacial score (nSPS) is 13.3. The van der Waals surface area contributed by atoms with Crippen molar-refractivity contribution in [2.24, 2.45) is 7.05 Å². The van der Waals surface area contributed by atoms with Crippen molar-refractivity contribution in [2.45, 2.75) is 25.4 Å². The first-order valence-electron chi connectivity index (χ1n) is 7.33. The first kappa shape index (κ1) is 15.3. The Kier molecular flexibility index (Phi) is 3.65. The molecule has 0 fully saturated rings. The van der Waals surface area contributed by atoms with Crippen LogP contribution < -0.4 is 5.32 Å². The van der Waals surface area contributed by atoms with Gasteiger partial charge in [0.25, 0.3) is 5.91 Å². The van der Waals surface area contributed by atoms with E-state index in [1.54, 1.807) is 4.68 Å². The summed E-state index contributed by atoms with van der Waals surface area (Å²) in [6.07, 6.45) is 1.50. The van der Waals surface area contributed by atoms with Crippen LogP contribution in [0.4, 0.5) is 5.82 Å². The van der Waals surface area contributed by atoms with Crippen LogP contribution in [0.25, 0.3) is 5.00 Å². The largest absolute Gasteiger partial charge is 0.306 e. The molecule has 8 nitrogen and oxygen atoms in total. The van der Waals surface area contributed by atoms with Crippen molar-refractivity contribution in [1.82, 2.24) is 30.0 Å². The number of tetrazole rings is 1. The molecule has 24 heavy (non-hydrogen) atoms. The number of thiophene rings is 1. The second-order valence-electron chi connectivity index (χ2n) is 5.56. The van der Waals surface area contributed by atoms with Crippen molar-refractivity contribution in [1.29, 1.82) is 0 Å². The van der Waals surface area contributed by atoms with E-state index in [1.165, 1.54) is 22.3 Å². The topological polar surface area (TPSA) is 90.5 Å². The first-order chi connectivity index (χ1) is 11.6. The number of anilines is 1. The van der Waals surface area contributed by atoms with Crippen molar-refractivity contribution in [3.8, 4) is 5.00 Å². The number of rotatable bonds is 3. The molecule has 0 saturated heterocycles. The fourth-order valence-corrected chi connectivity index (χ4v) is 4.86. The van der Waals surface area contributed by atoms with Gasteiger partial charge in [0.15, 0.2) is 0 Å². The van der Waals surface area contributed by atoms with Gasteiger partial charge in [-0.15, -0.1) is 16.4 Å². The third-order valence-electron chi connectivity index (χ3n) is 4.10. The van der Waals surface area contributed by atoms with Gasteiger partial charge in [-0.2, -0.15) is 21.5 Å². The van der Waals surface area contributed by atoms with Crippen LogP contribution in [0, 0.1) is 13.8 Å². The Hall–Kier alpha value is -2.20. The first-order valence-corrected chi connectivity index (χ1v) is 9.30. The number of aromatic nitrogens is 6. The molecule has 1 aliphatic heterocycles. The Bertz CT molecular complexity index is 926. The van der Waals surface area contributed by atoms with Crippen molar-refractivity contribution in [2.75, 3.05) is 5.32 Å². The Morgan fingerprint density at radius 3 is 2.92 bits per heavy atom. The molecular formula is C14H15N7OS2. The summed E-state index contributed by atoms with van der Waals surface area (Å²) in [5.41, 5.74) is 3.71. The summed E-state index contributed by atoms with van der Waals surface area (Å²) in [5.74, 6) is 2.38. The highest BCUT2D eigenvalue weighted by Gasteiger charge is 2.26. The molecule has 1 amide bonds. The standard InChI is InChI=1S/C14H15N7OS2/c1-7-8(2)24-14(21-6-15-18-19-21)11(7)13(22)16-12-9-4-23-5-10(9)17-20(12)3/h6H,4-5H2,1-3H3,(H,16,22). The highest BCUT2D eigenvalue weighted by atomic mass is 32.2. The highest BCUT2D eigenvalue weighted by Crippen LogP contribution is 2.35. The molecule has 10 heteroatoms. The van der Waals surface area contributed by atoms with E-state index >= 15 is 0 Å². The molecular weight excluding hydrogens is 346 g/mol. The molecule has 3 aromatic rings. The van der Waals surface area contributed by atoms with Crippen molar-refractivity contribution in [3.63, 3.8) is 0 Å². The molecule has 0 aliphatic carbocycles. The minimum absolute atomic E-state index is 0.162. The fourth-order valence-electron chi connectivity index (χ4n) is 2.76. The zero-order valence-electron chi connectivity index (χ0n) is 13.4. The summed E-state index contributed by atoms with van der Waals surface area (Å²) < 4.78 is 3.27. The fraction of sp³-hybridized carbons (Fsp3) is 0.357. The number of nitrogens with one attached hydrogen (secondary N) is 1. The molecule has 0 spiro atoms. The number of carbonyl (C=O) groups is 1. The molecule has 1 N–H and O–H groups in total. The Balaban J connectivity index is 1.74. The van der Waals surface area contributed by atoms with Crippen LogP contribution in [0.3, 0.4) is 0 Å². The van der Waals surface area contributed by atoms with E-state index in [-0.39, 0.29) is 5.91 Å². The zero-order valence-corrected chi connectivity index (χ0v) is 15.0. The third kappa shape index (κ3) is 2.33. The Morgan fingerprint density at radius 2 is 2.17 bits per heavy atom. The second kappa shape index (κ2) is 5.71. The van der Waals surface area contributed by atoms with Gasteiger partial charge >= 0.3 is 0 Å². The SMILES string of the molecule is Cc1sc(-n2cnnn2)c(C(=O)Nc2c3c(nn2C)CSC3)c1C. The van der Waals surface area contributed by atoms with Gasteiger partial charge in [-0.1, -0.05) is 0 Å². The van der Waals surface area contributed by atoms with Gasteiger partial charge in [-0.3, -0.25) is 9.48 Å². The van der Waals surface area contributed by atoms with Crippen LogP contribution in [-0.4, -0.2) is 35.9 Å². The maximum atomic E-state index is 13.0. The minimum atomic E-state index is -0.162. The molecule has 0 atom stereocenters. The molecule has 0 saturated carbocycles. The molecule has 0 radical (unpaired) electrons. The predicted molar refractivity (Wildman–Crippen MR) is 92.7 cm³/mol. The van der Waals surface area contributed by atoms with Crippen LogP contribution >= 0.6 is 23.1 Å². The summed E-state index contributed by atoms with van der Waals surface area (Å²) in [5, 5.41) is 19.5. The van der Waals surface area contributed by atoms with Crippen LogP contribution in [0.5, 0.6) is 0 Å². The molecule has 0 unspecified atom stereocenters. The van der Waals surface area contributed by atoms with Gasteiger partial charge in [0.05, 0.1) is 11.3 Å². The maximum absolute atomic E-state index is 13.0. The maximum Gasteiger partial charge on any atom is 0.260 e. The molecule has 0 bridgehead atoms. The molecule has 0 aromatic carbocycles. The summed E-state index contributed by atoms with van der Waals surface area (Å²) in [6, 6.07) is 0. The van der Waals surface area contributed by atoms with E-state index in [0.29, 0.717) is 5.56 Å². The van der Waals surface area contributed by atoms with Crippen molar-refractivity contribution < 1.29 is 4.79 Å². The van der Waals surface area contributed by atoms with Crippen LogP contribution in [0.2, 0.25) is 0 Å². The van der Waals surface area contributed by atoms with Gasteiger partial charge < -0.3 is 5.32 Å². The second-order valence-corrected chi connectivity index (χ2v) is 7.75. The number of hydrogen-bond acceptors (Lipinski definition) is 7. The third-order valence-corrected chi connectivity index (χ3v) is 6.26. The van der Waals surface area contributed by atoms with Crippen molar-refractivity contribution >= 4 is 34.8 Å². The van der Waals surface area contributed by atoms with Crippen molar-refractivity contribution in [3.05, 3.63) is 33.6 Å². The number of hydrogen-bond donors (Lipinski definition) is 1. The Morgan fingerprint density at radius 1 is 1.33 bits per heavy atom. The van der Waals surface area contributed by atoms with E-state index < -0.39 is 0 Å². The smallest absolute Gasteiger partial charge is 0.260 e. The number of fused-ring (bicyclic) bond motifs is 1. The molecule has 4 heterocycles. The lowest BCUT2D eigenvalue weighted by atomic mass is 10.1. The number of nitrogens with zero attached hydrogens (tertiary/aromatic N) is 6. The van der Waals surface area contributed by atoms with E-state index in [2.05, 4.69) is 25.9 Å². The lowest BCUT2D eigenvalue weighted by Crippen LogP contribution is -2.18. The van der Waals surface area contributed by atoms with Gasteiger partial charge in [-0.05, 0) is 29.8 Å². The lowest BCUT2D eigenvalue weighted by Gasteiger charge is -2.09. The van der Waals surface area contributed by atoms with E-state index in [9.17, 15) is 4.79 Å². The summed E-state index contributed by atoms with van der Waals surface area (Å²) in [6.45, 7) is 3.93. The number of aryl methyl sites for hydroxylation is 2. The van der Waals surface area contributed by atoms with Crippen LogP contribution in [-0.2, 0) is 18.6 Å². The minimum Gasteiger partial charge on any atom is -0.306 e. The average Bonchev–Trinajstić information content (AvgIpc) is 3.29. The van der Waals surface area contributed by atoms with Gasteiger partial charge in [0, 0.05) is 29.0 Å². The number of thioether (sulfide) groups is 1. The predicted octanol–water partition coefficient (Wildman–Crippen LogP) is 2.07. The highest BCUT2D eigenvalue weighted by molar-refractivity contribution is 7.98. The summed E-state index contributed by atoms with van der Waals surface area (Å²) >= 11 is 3.31. The Labute approximate surface area is 146 Å². The quantitative estimate of drug-likeness (QED) is 0.768.